The van der Waals surface area contributed by atoms with Crippen LogP contribution in [0.3, 0.4) is 0 Å². The summed E-state index contributed by atoms with van der Waals surface area (Å²) in [6.45, 7) is 5.27. The van der Waals surface area contributed by atoms with Crippen molar-refractivity contribution in [3.05, 3.63) is 90.4 Å². The minimum absolute atomic E-state index is 0.222. The van der Waals surface area contributed by atoms with Gasteiger partial charge in [0.2, 0.25) is 5.91 Å². The molecule has 0 spiro atoms. The fourth-order valence-electron chi connectivity index (χ4n) is 4.08. The third-order valence-electron chi connectivity index (χ3n) is 5.97. The largest absolute Gasteiger partial charge is 0.497 e. The average molecular weight is 516 g/mol. The lowest BCUT2D eigenvalue weighted by atomic mass is 10.1. The first-order valence-corrected chi connectivity index (χ1v) is 12.2. The van der Waals surface area contributed by atoms with Gasteiger partial charge in [-0.25, -0.2) is 13.9 Å². The molecule has 9 heteroatoms. The summed E-state index contributed by atoms with van der Waals surface area (Å²) in [7, 11) is 1.59. The Balaban J connectivity index is 1.64. The topological polar surface area (TPSA) is 88.5 Å². The van der Waals surface area contributed by atoms with Crippen LogP contribution in [0.15, 0.2) is 78.9 Å². The summed E-state index contributed by atoms with van der Waals surface area (Å²) in [5, 5.41) is 10.4. The third kappa shape index (κ3) is 6.00. The molecule has 0 aliphatic carbocycles. The van der Waals surface area contributed by atoms with Crippen LogP contribution < -0.4 is 15.4 Å². The van der Waals surface area contributed by atoms with Gasteiger partial charge in [-0.1, -0.05) is 36.4 Å². The van der Waals surface area contributed by atoms with Gasteiger partial charge in [0, 0.05) is 17.3 Å². The predicted molar refractivity (Wildman–Crippen MR) is 146 cm³/mol. The zero-order valence-electron chi connectivity index (χ0n) is 21.7. The van der Waals surface area contributed by atoms with E-state index in [2.05, 4.69) is 10.6 Å². The second kappa shape index (κ2) is 11.6. The molecule has 3 aromatic carbocycles. The van der Waals surface area contributed by atoms with Crippen molar-refractivity contribution < 1.29 is 18.7 Å². The van der Waals surface area contributed by atoms with E-state index in [-0.39, 0.29) is 12.6 Å². The van der Waals surface area contributed by atoms with Crippen molar-refractivity contribution in [2.45, 2.75) is 26.8 Å². The molecule has 0 bridgehead atoms. The first-order chi connectivity index (χ1) is 18.3. The van der Waals surface area contributed by atoms with Gasteiger partial charge in [-0.05, 0) is 68.8 Å². The molecule has 196 valence electrons. The Labute approximate surface area is 221 Å². The summed E-state index contributed by atoms with van der Waals surface area (Å²) in [6, 6.07) is 21.8. The predicted octanol–water partition coefficient (Wildman–Crippen LogP) is 5.88. The molecule has 8 nitrogen and oxygen atoms in total. The van der Waals surface area contributed by atoms with Crippen LogP contribution in [0.25, 0.3) is 16.8 Å². The number of benzene rings is 3. The van der Waals surface area contributed by atoms with Crippen LogP contribution in [0.4, 0.5) is 20.7 Å². The maximum Gasteiger partial charge on any atom is 0.322 e. The number of hydrogen-bond donors (Lipinski definition) is 2. The molecule has 0 radical (unpaired) electrons. The molecule has 0 atom stereocenters. The molecule has 3 amide bonds. The first kappa shape index (κ1) is 26.4. The summed E-state index contributed by atoms with van der Waals surface area (Å²) in [6.07, 6.45) is 0. The summed E-state index contributed by atoms with van der Waals surface area (Å²) < 4.78 is 20.5. The van der Waals surface area contributed by atoms with Gasteiger partial charge in [0.25, 0.3) is 0 Å². The molecule has 4 aromatic rings. The zero-order chi connectivity index (χ0) is 27.2. The molecule has 2 N–H and O–H groups in total. The number of aromatic nitrogens is 2. The minimum Gasteiger partial charge on any atom is -0.497 e. The number of nitrogens with zero attached hydrogens (tertiary/aromatic N) is 3. The molecular weight excluding hydrogens is 485 g/mol. The van der Waals surface area contributed by atoms with Gasteiger partial charge in [-0.2, -0.15) is 5.10 Å². The van der Waals surface area contributed by atoms with Crippen LogP contribution in [0.5, 0.6) is 5.75 Å². The molecule has 1 heterocycles. The Kier molecular flexibility index (Phi) is 8.06. The maximum absolute atomic E-state index is 13.6. The Morgan fingerprint density at radius 1 is 1.00 bits per heavy atom. The van der Waals surface area contributed by atoms with E-state index in [1.807, 2.05) is 61.5 Å². The maximum atomic E-state index is 13.6. The normalized spacial score (nSPS) is 10.8. The number of ether oxygens (including phenoxy) is 1. The monoisotopic (exact) mass is 515 g/mol. The van der Waals surface area contributed by atoms with Crippen LogP contribution in [-0.4, -0.2) is 46.3 Å². The highest BCUT2D eigenvalue weighted by Gasteiger charge is 2.24. The Hall–Kier alpha value is -4.66. The fraction of sp³-hybridized carbons (Fsp3) is 0.207. The number of methoxy groups -OCH3 is 1. The molecule has 0 aliphatic heterocycles. The number of rotatable bonds is 8. The quantitative estimate of drug-likeness (QED) is 0.307. The lowest BCUT2D eigenvalue weighted by Gasteiger charge is -2.26. The highest BCUT2D eigenvalue weighted by molar-refractivity contribution is 5.99. The minimum atomic E-state index is -0.510. The van der Waals surface area contributed by atoms with Crippen molar-refractivity contribution >= 4 is 23.4 Å². The molecule has 0 saturated carbocycles. The first-order valence-electron chi connectivity index (χ1n) is 12.2. The molecular formula is C29H30FN5O3. The number of aryl methyl sites for hydroxylation is 1. The van der Waals surface area contributed by atoms with Gasteiger partial charge in [0.1, 0.15) is 23.9 Å². The number of nitrogens with one attached hydrogen (secondary N) is 2. The SMILES string of the molecule is COc1ccc(-n2nc(C)c(-c3ccccc3)c2NC(=O)CN(C(=O)Nc2cccc(F)c2)C(C)C)cc1. The summed E-state index contributed by atoms with van der Waals surface area (Å²) in [5.41, 5.74) is 3.43. The van der Waals surface area contributed by atoms with Gasteiger partial charge in [-0.3, -0.25) is 4.79 Å². The number of halogens is 1. The van der Waals surface area contributed by atoms with E-state index in [4.69, 9.17) is 9.84 Å². The van der Waals surface area contributed by atoms with Crippen molar-refractivity contribution in [1.29, 1.82) is 0 Å². The van der Waals surface area contributed by atoms with E-state index in [0.717, 1.165) is 22.5 Å². The van der Waals surface area contributed by atoms with Gasteiger partial charge < -0.3 is 20.3 Å². The summed E-state index contributed by atoms with van der Waals surface area (Å²) >= 11 is 0. The number of carbonyl (C=O) groups is 2. The van der Waals surface area contributed by atoms with E-state index < -0.39 is 17.8 Å². The van der Waals surface area contributed by atoms with E-state index in [9.17, 15) is 14.0 Å². The van der Waals surface area contributed by atoms with Crippen molar-refractivity contribution in [3.63, 3.8) is 0 Å². The standard InChI is InChI=1S/C29H30FN5O3/c1-19(2)34(29(37)31-23-12-8-11-22(30)17-23)18-26(36)32-28-27(21-9-6-5-7-10-21)20(3)33-35(28)24-13-15-25(38-4)16-14-24/h5-17,19H,18H2,1-4H3,(H,31,37)(H,32,36). The van der Waals surface area contributed by atoms with E-state index in [1.54, 1.807) is 31.7 Å². The van der Waals surface area contributed by atoms with Crippen LogP contribution in [0, 0.1) is 12.7 Å². The van der Waals surface area contributed by atoms with E-state index in [0.29, 0.717) is 17.3 Å². The number of amides is 3. The molecule has 1 aromatic heterocycles. The number of urea groups is 1. The number of carbonyl (C=O) groups excluding carboxylic acids is 2. The lowest BCUT2D eigenvalue weighted by molar-refractivity contribution is -0.117. The molecule has 38 heavy (non-hydrogen) atoms. The smallest absolute Gasteiger partial charge is 0.322 e. The molecule has 0 aliphatic rings. The van der Waals surface area contributed by atoms with Crippen LogP contribution in [0.1, 0.15) is 19.5 Å². The van der Waals surface area contributed by atoms with Gasteiger partial charge in [0.15, 0.2) is 0 Å². The van der Waals surface area contributed by atoms with Gasteiger partial charge in [-0.15, -0.1) is 0 Å². The molecule has 0 fully saturated rings. The van der Waals surface area contributed by atoms with Crippen molar-refractivity contribution in [3.8, 4) is 22.6 Å². The van der Waals surface area contributed by atoms with Crippen molar-refractivity contribution in [2.75, 3.05) is 24.3 Å². The van der Waals surface area contributed by atoms with E-state index >= 15 is 0 Å². The zero-order valence-corrected chi connectivity index (χ0v) is 21.7. The Morgan fingerprint density at radius 3 is 2.34 bits per heavy atom. The van der Waals surface area contributed by atoms with Gasteiger partial charge in [0.05, 0.1) is 18.5 Å². The molecule has 0 saturated heterocycles. The fourth-order valence-corrected chi connectivity index (χ4v) is 4.08. The lowest BCUT2D eigenvalue weighted by Crippen LogP contribution is -2.44. The molecule has 4 rings (SSSR count). The number of hydrogen-bond acceptors (Lipinski definition) is 4. The van der Waals surface area contributed by atoms with E-state index in [1.165, 1.54) is 23.1 Å². The molecule has 0 unspecified atom stereocenters. The second-order valence-corrected chi connectivity index (χ2v) is 9.00. The highest BCUT2D eigenvalue weighted by atomic mass is 19.1. The third-order valence-corrected chi connectivity index (χ3v) is 5.97. The average Bonchev–Trinajstić information content (AvgIpc) is 3.22. The summed E-state index contributed by atoms with van der Waals surface area (Å²) in [4.78, 5) is 27.7. The highest BCUT2D eigenvalue weighted by Crippen LogP contribution is 2.33. The Morgan fingerprint density at radius 2 is 1.71 bits per heavy atom. The van der Waals surface area contributed by atoms with Crippen molar-refractivity contribution in [1.82, 2.24) is 14.7 Å². The van der Waals surface area contributed by atoms with Crippen molar-refractivity contribution in [2.24, 2.45) is 0 Å². The van der Waals surface area contributed by atoms with Gasteiger partial charge >= 0.3 is 6.03 Å². The van der Waals surface area contributed by atoms with Crippen LogP contribution in [0.2, 0.25) is 0 Å². The second-order valence-electron chi connectivity index (χ2n) is 9.00. The number of anilines is 2. The Bertz CT molecular complexity index is 1420. The van der Waals surface area contributed by atoms with Crippen LogP contribution in [-0.2, 0) is 4.79 Å². The summed E-state index contributed by atoms with van der Waals surface area (Å²) in [5.74, 6) is 0.314. The van der Waals surface area contributed by atoms with Crippen LogP contribution >= 0.6 is 0 Å².